The van der Waals surface area contributed by atoms with Gasteiger partial charge in [-0.2, -0.15) is 0 Å². The molecule has 0 fully saturated rings. The van der Waals surface area contributed by atoms with Crippen LogP contribution in [0.15, 0.2) is 35.7 Å². The Hall–Kier alpha value is -1.50. The molecule has 0 atom stereocenters. The van der Waals surface area contributed by atoms with Crippen molar-refractivity contribution in [3.8, 4) is 0 Å². The number of hydrogen-bond donors (Lipinski definition) is 2. The molecule has 2 rings (SSSR count). The summed E-state index contributed by atoms with van der Waals surface area (Å²) in [5, 5.41) is 14.0. The van der Waals surface area contributed by atoms with Gasteiger partial charge in [-0.05, 0) is 29.6 Å². The van der Waals surface area contributed by atoms with Crippen LogP contribution in [0.1, 0.15) is 15.2 Å². The highest BCUT2D eigenvalue weighted by Gasteiger charge is 2.13. The summed E-state index contributed by atoms with van der Waals surface area (Å²) in [6.45, 7) is 0. The topological polar surface area (TPSA) is 66.4 Å². The zero-order valence-corrected chi connectivity index (χ0v) is 13.2. The van der Waals surface area contributed by atoms with Crippen LogP contribution in [0.2, 0.25) is 5.02 Å². The highest BCUT2D eigenvalue weighted by Crippen LogP contribution is 2.22. The monoisotopic (exact) mass is 341 g/mol. The van der Waals surface area contributed by atoms with Crippen LogP contribution in [0.25, 0.3) is 0 Å². The van der Waals surface area contributed by atoms with E-state index < -0.39 is 5.97 Å². The molecule has 0 spiro atoms. The number of hydrogen-bond acceptors (Lipinski definition) is 4. The van der Waals surface area contributed by atoms with Gasteiger partial charge in [0.1, 0.15) is 0 Å². The molecule has 110 valence electrons. The number of thiophene rings is 1. The summed E-state index contributed by atoms with van der Waals surface area (Å²) in [5.74, 6) is -0.342. The van der Waals surface area contributed by atoms with Crippen molar-refractivity contribution in [1.82, 2.24) is 0 Å². The highest BCUT2D eigenvalue weighted by molar-refractivity contribution is 7.99. The van der Waals surface area contributed by atoms with Crippen molar-refractivity contribution < 1.29 is 14.7 Å². The van der Waals surface area contributed by atoms with Gasteiger partial charge in [0, 0.05) is 15.7 Å². The number of anilines is 1. The summed E-state index contributed by atoms with van der Waals surface area (Å²) >= 11 is 8.94. The Labute approximate surface area is 135 Å². The molecule has 0 unspecified atom stereocenters. The van der Waals surface area contributed by atoms with Crippen molar-refractivity contribution in [3.63, 3.8) is 0 Å². The van der Waals surface area contributed by atoms with Crippen molar-refractivity contribution in [2.45, 2.75) is 5.75 Å². The van der Waals surface area contributed by atoms with Gasteiger partial charge in [-0.15, -0.1) is 23.1 Å². The van der Waals surface area contributed by atoms with E-state index in [-0.39, 0.29) is 22.9 Å². The third-order valence-electron chi connectivity index (χ3n) is 2.54. The first-order chi connectivity index (χ1) is 10.1. The van der Waals surface area contributed by atoms with Crippen molar-refractivity contribution in [3.05, 3.63) is 51.2 Å². The van der Waals surface area contributed by atoms with Gasteiger partial charge in [-0.25, -0.2) is 4.79 Å². The largest absolute Gasteiger partial charge is 0.478 e. The standard InChI is InChI=1S/C14H12ClNO3S2/c15-9-3-4-11(14(18)19)12(6-9)16-13(17)8-20-7-10-2-1-5-21-10/h1-6H,7-8H2,(H,16,17)(H,18,19). The Morgan fingerprint density at radius 2 is 2.14 bits per heavy atom. The van der Waals surface area contributed by atoms with E-state index in [0.29, 0.717) is 5.02 Å². The summed E-state index contributed by atoms with van der Waals surface area (Å²) in [4.78, 5) is 24.1. The number of carbonyl (C=O) groups is 2. The van der Waals surface area contributed by atoms with Gasteiger partial charge in [0.25, 0.3) is 0 Å². The quantitative estimate of drug-likeness (QED) is 0.834. The second-order valence-corrected chi connectivity index (χ2v) is 6.57. The lowest BCUT2D eigenvalue weighted by Gasteiger charge is -2.08. The summed E-state index contributed by atoms with van der Waals surface area (Å²) in [6, 6.07) is 8.26. The fourth-order valence-corrected chi connectivity index (χ4v) is 3.47. The van der Waals surface area contributed by atoms with Crippen LogP contribution in [-0.2, 0) is 10.5 Å². The number of benzene rings is 1. The highest BCUT2D eigenvalue weighted by atomic mass is 35.5. The van der Waals surface area contributed by atoms with E-state index >= 15 is 0 Å². The lowest BCUT2D eigenvalue weighted by atomic mass is 10.2. The summed E-state index contributed by atoms with van der Waals surface area (Å²) in [5.41, 5.74) is 0.243. The Balaban J connectivity index is 1.93. The lowest BCUT2D eigenvalue weighted by molar-refractivity contribution is -0.113. The maximum atomic E-state index is 11.9. The number of carbonyl (C=O) groups excluding carboxylic acids is 1. The first-order valence-corrected chi connectivity index (χ1v) is 8.40. The third kappa shape index (κ3) is 4.77. The van der Waals surface area contributed by atoms with Crippen LogP contribution in [0.4, 0.5) is 5.69 Å². The van der Waals surface area contributed by atoms with E-state index in [4.69, 9.17) is 16.7 Å². The number of amides is 1. The second kappa shape index (κ2) is 7.49. The molecule has 0 bridgehead atoms. The van der Waals surface area contributed by atoms with E-state index in [1.165, 1.54) is 34.8 Å². The molecule has 0 aliphatic rings. The molecular weight excluding hydrogens is 330 g/mol. The lowest BCUT2D eigenvalue weighted by Crippen LogP contribution is -2.16. The normalized spacial score (nSPS) is 10.3. The first-order valence-electron chi connectivity index (χ1n) is 5.99. The molecule has 0 saturated heterocycles. The first kappa shape index (κ1) is 15.9. The number of halogens is 1. The Bertz CT molecular complexity index is 644. The van der Waals surface area contributed by atoms with E-state index in [1.54, 1.807) is 11.3 Å². The molecule has 1 heterocycles. The molecule has 1 aromatic carbocycles. The van der Waals surface area contributed by atoms with E-state index in [9.17, 15) is 9.59 Å². The number of carboxylic acids is 1. The molecule has 2 N–H and O–H groups in total. The average Bonchev–Trinajstić information content (AvgIpc) is 2.91. The zero-order valence-electron chi connectivity index (χ0n) is 10.8. The third-order valence-corrected chi connectivity index (χ3v) is 4.82. The number of carboxylic acid groups (broad SMARTS) is 1. The molecule has 1 amide bonds. The average molecular weight is 342 g/mol. The van der Waals surface area contributed by atoms with Crippen molar-refractivity contribution in [2.24, 2.45) is 0 Å². The second-order valence-electron chi connectivity index (χ2n) is 4.12. The van der Waals surface area contributed by atoms with Crippen molar-refractivity contribution in [2.75, 3.05) is 11.1 Å². The maximum Gasteiger partial charge on any atom is 0.337 e. The van der Waals surface area contributed by atoms with Crippen LogP contribution in [-0.4, -0.2) is 22.7 Å². The molecule has 4 nitrogen and oxygen atoms in total. The number of rotatable bonds is 6. The Morgan fingerprint density at radius 1 is 1.33 bits per heavy atom. The van der Waals surface area contributed by atoms with Crippen LogP contribution < -0.4 is 5.32 Å². The van der Waals surface area contributed by atoms with Gasteiger partial charge in [0.05, 0.1) is 17.0 Å². The SMILES string of the molecule is O=C(CSCc1cccs1)Nc1cc(Cl)ccc1C(=O)O. The maximum absolute atomic E-state index is 11.9. The minimum absolute atomic E-state index is 0.0241. The minimum Gasteiger partial charge on any atom is -0.478 e. The fraction of sp³-hybridized carbons (Fsp3) is 0.143. The predicted molar refractivity (Wildman–Crippen MR) is 87.5 cm³/mol. The molecule has 1 aromatic heterocycles. The van der Waals surface area contributed by atoms with Crippen LogP contribution in [0.5, 0.6) is 0 Å². The van der Waals surface area contributed by atoms with Gasteiger partial charge >= 0.3 is 5.97 Å². The van der Waals surface area contributed by atoms with Crippen molar-refractivity contribution >= 4 is 52.3 Å². The smallest absolute Gasteiger partial charge is 0.337 e. The van der Waals surface area contributed by atoms with E-state index in [1.807, 2.05) is 17.5 Å². The minimum atomic E-state index is -1.10. The molecule has 0 radical (unpaired) electrons. The number of nitrogens with one attached hydrogen (secondary N) is 1. The molecule has 0 saturated carbocycles. The number of thioether (sulfide) groups is 1. The van der Waals surface area contributed by atoms with Crippen molar-refractivity contribution in [1.29, 1.82) is 0 Å². The van der Waals surface area contributed by atoms with E-state index in [0.717, 1.165) is 5.75 Å². The molecule has 2 aromatic rings. The summed E-state index contributed by atoms with van der Waals surface area (Å²) in [7, 11) is 0. The van der Waals surface area contributed by atoms with Gasteiger partial charge in [-0.1, -0.05) is 17.7 Å². The van der Waals surface area contributed by atoms with Crippen LogP contribution in [0, 0.1) is 0 Å². The van der Waals surface area contributed by atoms with Gasteiger partial charge in [0.15, 0.2) is 0 Å². The molecule has 0 aliphatic carbocycles. The van der Waals surface area contributed by atoms with Gasteiger partial charge in [-0.3, -0.25) is 4.79 Å². The van der Waals surface area contributed by atoms with E-state index in [2.05, 4.69) is 5.32 Å². The van der Waals surface area contributed by atoms with Crippen LogP contribution in [0.3, 0.4) is 0 Å². The summed E-state index contributed by atoms with van der Waals surface area (Å²) < 4.78 is 0. The van der Waals surface area contributed by atoms with Gasteiger partial charge < -0.3 is 10.4 Å². The Kier molecular flexibility index (Phi) is 5.67. The molecular formula is C14H12ClNO3S2. The number of aromatic carboxylic acids is 1. The zero-order chi connectivity index (χ0) is 15.2. The fourth-order valence-electron chi connectivity index (χ4n) is 1.63. The summed E-state index contributed by atoms with van der Waals surface area (Å²) in [6.07, 6.45) is 0. The Morgan fingerprint density at radius 3 is 2.81 bits per heavy atom. The van der Waals surface area contributed by atoms with Crippen LogP contribution >= 0.6 is 34.7 Å². The molecule has 0 aliphatic heterocycles. The predicted octanol–water partition coefficient (Wildman–Crippen LogP) is 3.97. The molecule has 21 heavy (non-hydrogen) atoms. The molecule has 7 heteroatoms. The van der Waals surface area contributed by atoms with Gasteiger partial charge in [0.2, 0.25) is 5.91 Å².